The number of nitrogens with one attached hydrogen (secondary N) is 1. The number of carbonyl (C=O) groups is 1. The first-order valence-corrected chi connectivity index (χ1v) is 8.60. The molecule has 1 fully saturated rings. The largest absolute Gasteiger partial charge is 0.492 e. The zero-order valence-corrected chi connectivity index (χ0v) is 13.2. The van der Waals surface area contributed by atoms with Crippen LogP contribution in [0.25, 0.3) is 0 Å². The van der Waals surface area contributed by atoms with Crippen molar-refractivity contribution in [3.63, 3.8) is 0 Å². The van der Waals surface area contributed by atoms with Crippen molar-refractivity contribution in [1.82, 2.24) is 5.32 Å². The molecule has 1 aromatic rings. The summed E-state index contributed by atoms with van der Waals surface area (Å²) in [5.41, 5.74) is 0.281. The van der Waals surface area contributed by atoms with Crippen LogP contribution in [0.5, 0.6) is 5.75 Å². The summed E-state index contributed by atoms with van der Waals surface area (Å²) >= 11 is 1.98. The number of hydrogen-bond acceptors (Lipinski definition) is 4. The Kier molecular flexibility index (Phi) is 5.94. The number of benzene rings is 1. The summed E-state index contributed by atoms with van der Waals surface area (Å²) in [5, 5.41) is 12.3. The van der Waals surface area contributed by atoms with Gasteiger partial charge in [-0.05, 0) is 43.4 Å². The Balaban J connectivity index is 1.66. The van der Waals surface area contributed by atoms with E-state index in [2.05, 4.69) is 11.6 Å². The Hall–Kier alpha value is -1.20. The van der Waals surface area contributed by atoms with E-state index in [-0.39, 0.29) is 5.56 Å². The second-order valence-corrected chi connectivity index (χ2v) is 6.72. The van der Waals surface area contributed by atoms with Crippen molar-refractivity contribution >= 4 is 17.7 Å². The van der Waals surface area contributed by atoms with Crippen molar-refractivity contribution in [1.29, 1.82) is 0 Å². The van der Waals surface area contributed by atoms with Crippen LogP contribution in [0.4, 0.5) is 0 Å². The Bertz CT molecular complexity index is 455. The van der Waals surface area contributed by atoms with Crippen LogP contribution >= 0.6 is 11.8 Å². The lowest BCUT2D eigenvalue weighted by molar-refractivity contribution is 0.0697. The lowest BCUT2D eigenvalue weighted by Gasteiger charge is -2.27. The molecular formula is C16H23NO3S. The maximum Gasteiger partial charge on any atom is 0.335 e. The minimum atomic E-state index is -0.915. The van der Waals surface area contributed by atoms with Gasteiger partial charge in [-0.25, -0.2) is 4.79 Å². The van der Waals surface area contributed by atoms with Crippen LogP contribution in [0.15, 0.2) is 24.3 Å². The number of ether oxygens (including phenoxy) is 1. The van der Waals surface area contributed by atoms with Crippen molar-refractivity contribution in [2.45, 2.75) is 30.4 Å². The fourth-order valence-corrected chi connectivity index (χ4v) is 3.67. The van der Waals surface area contributed by atoms with Gasteiger partial charge in [0.25, 0.3) is 0 Å². The van der Waals surface area contributed by atoms with Crippen LogP contribution in [-0.2, 0) is 0 Å². The van der Waals surface area contributed by atoms with Gasteiger partial charge in [-0.3, -0.25) is 0 Å². The Labute approximate surface area is 130 Å². The van der Waals surface area contributed by atoms with E-state index in [1.54, 1.807) is 24.3 Å². The van der Waals surface area contributed by atoms with Gasteiger partial charge in [0, 0.05) is 17.8 Å². The number of carboxylic acids is 1. The second-order valence-electron chi connectivity index (χ2n) is 5.45. The van der Waals surface area contributed by atoms with Crippen LogP contribution in [0.3, 0.4) is 0 Å². The highest BCUT2D eigenvalue weighted by molar-refractivity contribution is 8.00. The summed E-state index contributed by atoms with van der Waals surface area (Å²) in [6.07, 6.45) is 7.49. The SMILES string of the molecule is CSC1(CNCCOc2ccc(C(=O)O)cc2)CCCC1. The first-order valence-electron chi connectivity index (χ1n) is 7.37. The van der Waals surface area contributed by atoms with Crippen molar-refractivity contribution < 1.29 is 14.6 Å². The lowest BCUT2D eigenvalue weighted by atomic mass is 10.1. The summed E-state index contributed by atoms with van der Waals surface area (Å²) in [4.78, 5) is 10.7. The molecule has 0 spiro atoms. The van der Waals surface area contributed by atoms with Crippen molar-refractivity contribution in [2.24, 2.45) is 0 Å². The highest BCUT2D eigenvalue weighted by Crippen LogP contribution is 2.39. The van der Waals surface area contributed by atoms with Crippen molar-refractivity contribution in [3.8, 4) is 5.75 Å². The Morgan fingerprint density at radius 1 is 1.33 bits per heavy atom. The van der Waals surface area contributed by atoms with E-state index in [0.717, 1.165) is 13.1 Å². The monoisotopic (exact) mass is 309 g/mol. The molecule has 1 aromatic carbocycles. The van der Waals surface area contributed by atoms with Crippen LogP contribution in [0, 0.1) is 0 Å². The summed E-state index contributed by atoms with van der Waals surface area (Å²) in [6.45, 7) is 2.44. The van der Waals surface area contributed by atoms with E-state index in [1.165, 1.54) is 25.7 Å². The molecule has 0 aromatic heterocycles. The first kappa shape index (κ1) is 16.2. The van der Waals surface area contributed by atoms with Crippen LogP contribution in [0.2, 0.25) is 0 Å². The molecule has 1 aliphatic carbocycles. The van der Waals surface area contributed by atoms with Gasteiger partial charge in [0.2, 0.25) is 0 Å². The topological polar surface area (TPSA) is 58.6 Å². The molecule has 2 N–H and O–H groups in total. The van der Waals surface area contributed by atoms with Crippen molar-refractivity contribution in [2.75, 3.05) is 26.0 Å². The van der Waals surface area contributed by atoms with Gasteiger partial charge >= 0.3 is 5.97 Å². The summed E-state index contributed by atoms with van der Waals surface area (Å²) in [6, 6.07) is 6.52. The molecule has 0 heterocycles. The Morgan fingerprint density at radius 2 is 2.00 bits per heavy atom. The maximum absolute atomic E-state index is 10.7. The third-order valence-corrected chi connectivity index (χ3v) is 5.46. The van der Waals surface area contributed by atoms with Crippen LogP contribution < -0.4 is 10.1 Å². The van der Waals surface area contributed by atoms with Crippen LogP contribution in [0.1, 0.15) is 36.0 Å². The molecule has 0 aliphatic heterocycles. The maximum atomic E-state index is 10.7. The molecular weight excluding hydrogens is 286 g/mol. The standard InChI is InChI=1S/C16H23NO3S/c1-21-16(8-2-3-9-16)12-17-10-11-20-14-6-4-13(5-7-14)15(18)19/h4-7,17H,2-3,8-12H2,1H3,(H,18,19). The summed E-state index contributed by atoms with van der Waals surface area (Å²) in [7, 11) is 0. The number of carboxylic acid groups (broad SMARTS) is 1. The predicted molar refractivity (Wildman–Crippen MR) is 86.5 cm³/mol. The first-order chi connectivity index (χ1) is 10.2. The third kappa shape index (κ3) is 4.64. The molecule has 0 bridgehead atoms. The van der Waals surface area contributed by atoms with E-state index in [0.29, 0.717) is 17.1 Å². The smallest absolute Gasteiger partial charge is 0.335 e. The number of thioether (sulfide) groups is 1. The molecule has 116 valence electrons. The van der Waals surface area contributed by atoms with Gasteiger partial charge < -0.3 is 15.2 Å². The van der Waals surface area contributed by atoms with E-state index >= 15 is 0 Å². The van der Waals surface area contributed by atoms with Gasteiger partial charge in [-0.1, -0.05) is 12.8 Å². The highest BCUT2D eigenvalue weighted by atomic mass is 32.2. The van der Waals surface area contributed by atoms with Gasteiger partial charge in [0.05, 0.1) is 5.56 Å². The minimum absolute atomic E-state index is 0.281. The number of aromatic carboxylic acids is 1. The van der Waals surface area contributed by atoms with Gasteiger partial charge in [-0.15, -0.1) is 0 Å². The zero-order valence-electron chi connectivity index (χ0n) is 12.4. The fraction of sp³-hybridized carbons (Fsp3) is 0.562. The van der Waals surface area contributed by atoms with Crippen molar-refractivity contribution in [3.05, 3.63) is 29.8 Å². The molecule has 4 nitrogen and oxygen atoms in total. The molecule has 1 saturated carbocycles. The van der Waals surface area contributed by atoms with Gasteiger partial charge in [0.1, 0.15) is 12.4 Å². The molecule has 0 amide bonds. The summed E-state index contributed by atoms with van der Waals surface area (Å²) < 4.78 is 6.03. The number of rotatable bonds is 8. The molecule has 0 atom stereocenters. The second kappa shape index (κ2) is 7.71. The molecule has 1 aliphatic rings. The lowest BCUT2D eigenvalue weighted by Crippen LogP contribution is -2.36. The molecule has 0 saturated heterocycles. The average molecular weight is 309 g/mol. The van der Waals surface area contributed by atoms with E-state index in [1.807, 2.05) is 11.8 Å². The van der Waals surface area contributed by atoms with Gasteiger partial charge in [-0.2, -0.15) is 11.8 Å². The summed E-state index contributed by atoms with van der Waals surface area (Å²) in [5.74, 6) is -0.204. The molecule has 5 heteroatoms. The molecule has 2 rings (SSSR count). The Morgan fingerprint density at radius 3 is 2.57 bits per heavy atom. The molecule has 0 unspecified atom stereocenters. The quantitative estimate of drug-likeness (QED) is 0.723. The molecule has 21 heavy (non-hydrogen) atoms. The van der Waals surface area contributed by atoms with Crippen LogP contribution in [-0.4, -0.2) is 41.8 Å². The van der Waals surface area contributed by atoms with E-state index in [9.17, 15) is 4.79 Å². The zero-order chi connectivity index (χ0) is 15.1. The average Bonchev–Trinajstić information content (AvgIpc) is 2.97. The number of hydrogen-bond donors (Lipinski definition) is 2. The normalized spacial score (nSPS) is 16.8. The fourth-order valence-electron chi connectivity index (χ4n) is 2.72. The van der Waals surface area contributed by atoms with E-state index in [4.69, 9.17) is 9.84 Å². The van der Waals surface area contributed by atoms with E-state index < -0.39 is 5.97 Å². The predicted octanol–water partition coefficient (Wildman–Crippen LogP) is 3.03. The third-order valence-electron chi connectivity index (χ3n) is 4.04. The highest BCUT2D eigenvalue weighted by Gasteiger charge is 2.32. The minimum Gasteiger partial charge on any atom is -0.492 e. The van der Waals surface area contributed by atoms with Gasteiger partial charge in [0.15, 0.2) is 0 Å². The molecule has 0 radical (unpaired) electrons.